The van der Waals surface area contributed by atoms with E-state index in [9.17, 15) is 0 Å². The smallest absolute Gasteiger partial charge is 0.0668 e. The Balaban J connectivity index is 2.03. The SMILES string of the molecule is CCC(C)(C)OC1CC(N)C12CCCCCC2. The average Bonchev–Trinajstić information content (AvgIpc) is 2.56. The lowest BCUT2D eigenvalue weighted by Gasteiger charge is -2.56. The van der Waals surface area contributed by atoms with Gasteiger partial charge in [0.1, 0.15) is 0 Å². The van der Waals surface area contributed by atoms with Crippen LogP contribution in [-0.4, -0.2) is 17.7 Å². The summed E-state index contributed by atoms with van der Waals surface area (Å²) in [5, 5.41) is 0. The third-order valence-electron chi connectivity index (χ3n) is 5.19. The first kappa shape index (κ1) is 13.4. The van der Waals surface area contributed by atoms with Gasteiger partial charge in [0.2, 0.25) is 0 Å². The Bertz CT molecular complexity index is 254. The lowest BCUT2D eigenvalue weighted by atomic mass is 9.58. The number of nitrogens with two attached hydrogens (primary N) is 1. The summed E-state index contributed by atoms with van der Waals surface area (Å²) in [4.78, 5) is 0. The molecule has 0 aromatic heterocycles. The van der Waals surface area contributed by atoms with Gasteiger partial charge in [-0.3, -0.25) is 0 Å². The third-order valence-corrected chi connectivity index (χ3v) is 5.19. The Hall–Kier alpha value is -0.0800. The van der Waals surface area contributed by atoms with Gasteiger partial charge in [-0.2, -0.15) is 0 Å². The van der Waals surface area contributed by atoms with E-state index < -0.39 is 0 Å². The monoisotopic (exact) mass is 239 g/mol. The third kappa shape index (κ3) is 2.53. The van der Waals surface area contributed by atoms with Gasteiger partial charge < -0.3 is 10.5 Å². The summed E-state index contributed by atoms with van der Waals surface area (Å²) in [7, 11) is 0. The van der Waals surface area contributed by atoms with E-state index in [0.717, 1.165) is 12.8 Å². The van der Waals surface area contributed by atoms with Crippen LogP contribution in [0.2, 0.25) is 0 Å². The van der Waals surface area contributed by atoms with Gasteiger partial charge in [-0.05, 0) is 39.5 Å². The second kappa shape index (κ2) is 4.89. The van der Waals surface area contributed by atoms with Crippen LogP contribution in [0.1, 0.15) is 72.1 Å². The summed E-state index contributed by atoms with van der Waals surface area (Å²) >= 11 is 0. The van der Waals surface area contributed by atoms with E-state index in [4.69, 9.17) is 10.5 Å². The predicted molar refractivity (Wildman–Crippen MR) is 72.0 cm³/mol. The summed E-state index contributed by atoms with van der Waals surface area (Å²) in [6.45, 7) is 6.63. The van der Waals surface area contributed by atoms with Crippen LogP contribution in [0.25, 0.3) is 0 Å². The molecule has 0 bridgehead atoms. The van der Waals surface area contributed by atoms with E-state index in [0.29, 0.717) is 17.6 Å². The predicted octanol–water partition coefficient (Wildman–Crippen LogP) is 3.63. The number of hydrogen-bond acceptors (Lipinski definition) is 2. The standard InChI is InChI=1S/C15H29NO/c1-4-14(2,3)17-13-11-12(16)15(13)9-7-5-6-8-10-15/h12-13H,4-11,16H2,1-3H3. The van der Waals surface area contributed by atoms with E-state index in [1.807, 2.05) is 0 Å². The number of hydrogen-bond donors (Lipinski definition) is 1. The molecule has 2 unspecified atom stereocenters. The van der Waals surface area contributed by atoms with Crippen LogP contribution in [-0.2, 0) is 4.74 Å². The van der Waals surface area contributed by atoms with Crippen molar-refractivity contribution in [1.29, 1.82) is 0 Å². The number of rotatable bonds is 3. The molecule has 100 valence electrons. The molecule has 0 saturated heterocycles. The summed E-state index contributed by atoms with van der Waals surface area (Å²) < 4.78 is 6.36. The Labute approximate surface area is 106 Å². The first-order valence-electron chi connectivity index (χ1n) is 7.43. The highest BCUT2D eigenvalue weighted by molar-refractivity contribution is 5.07. The molecular weight excluding hydrogens is 210 g/mol. The lowest BCUT2D eigenvalue weighted by Crippen LogP contribution is -2.63. The van der Waals surface area contributed by atoms with Gasteiger partial charge in [-0.1, -0.05) is 32.6 Å². The van der Waals surface area contributed by atoms with E-state index in [2.05, 4.69) is 20.8 Å². The average molecular weight is 239 g/mol. The van der Waals surface area contributed by atoms with E-state index in [-0.39, 0.29) is 5.60 Å². The van der Waals surface area contributed by atoms with Crippen molar-refractivity contribution in [3.05, 3.63) is 0 Å². The minimum absolute atomic E-state index is 0.0180. The fourth-order valence-electron chi connectivity index (χ4n) is 3.49. The zero-order chi connectivity index (χ0) is 12.5. The van der Waals surface area contributed by atoms with Crippen molar-refractivity contribution in [2.75, 3.05) is 0 Å². The summed E-state index contributed by atoms with van der Waals surface area (Å²) in [6, 6.07) is 0.387. The van der Waals surface area contributed by atoms with E-state index in [1.165, 1.54) is 38.5 Å². The lowest BCUT2D eigenvalue weighted by molar-refractivity contribution is -0.191. The second-order valence-electron chi connectivity index (χ2n) is 6.71. The summed E-state index contributed by atoms with van der Waals surface area (Å²) in [5.41, 5.74) is 6.67. The van der Waals surface area contributed by atoms with Crippen LogP contribution >= 0.6 is 0 Å². The number of ether oxygens (including phenoxy) is 1. The summed E-state index contributed by atoms with van der Waals surface area (Å²) in [6.07, 6.45) is 10.6. The minimum atomic E-state index is 0.0180. The molecule has 2 heteroatoms. The van der Waals surface area contributed by atoms with Crippen LogP contribution in [0.3, 0.4) is 0 Å². The molecule has 2 aliphatic rings. The maximum atomic E-state index is 6.36. The topological polar surface area (TPSA) is 35.2 Å². The van der Waals surface area contributed by atoms with Crippen molar-refractivity contribution in [2.24, 2.45) is 11.1 Å². The molecule has 2 saturated carbocycles. The highest BCUT2D eigenvalue weighted by Crippen LogP contribution is 2.52. The van der Waals surface area contributed by atoms with Gasteiger partial charge >= 0.3 is 0 Å². The Kier molecular flexibility index (Phi) is 3.84. The Morgan fingerprint density at radius 3 is 2.24 bits per heavy atom. The normalized spacial score (nSPS) is 33.2. The van der Waals surface area contributed by atoms with Gasteiger partial charge in [-0.15, -0.1) is 0 Å². The molecule has 17 heavy (non-hydrogen) atoms. The molecule has 0 aliphatic heterocycles. The molecule has 2 atom stereocenters. The first-order chi connectivity index (χ1) is 8.00. The van der Waals surface area contributed by atoms with E-state index in [1.54, 1.807) is 0 Å². The van der Waals surface area contributed by atoms with Gasteiger partial charge in [0.05, 0.1) is 11.7 Å². The molecule has 2 N–H and O–H groups in total. The van der Waals surface area contributed by atoms with Gasteiger partial charge in [0.25, 0.3) is 0 Å². The molecule has 2 aliphatic carbocycles. The maximum absolute atomic E-state index is 6.36. The molecular formula is C15H29NO. The fraction of sp³-hybridized carbons (Fsp3) is 1.00. The fourth-order valence-corrected chi connectivity index (χ4v) is 3.49. The van der Waals surface area contributed by atoms with Crippen molar-refractivity contribution >= 4 is 0 Å². The van der Waals surface area contributed by atoms with Crippen molar-refractivity contribution < 1.29 is 4.74 Å². The van der Waals surface area contributed by atoms with Gasteiger partial charge in [0.15, 0.2) is 0 Å². The molecule has 0 heterocycles. The molecule has 0 aromatic carbocycles. The Morgan fingerprint density at radius 1 is 1.18 bits per heavy atom. The van der Waals surface area contributed by atoms with Crippen LogP contribution in [0.5, 0.6) is 0 Å². The minimum Gasteiger partial charge on any atom is -0.372 e. The van der Waals surface area contributed by atoms with Gasteiger partial charge in [0, 0.05) is 11.5 Å². The van der Waals surface area contributed by atoms with Crippen molar-refractivity contribution in [3.8, 4) is 0 Å². The Morgan fingerprint density at radius 2 is 1.76 bits per heavy atom. The molecule has 0 radical (unpaired) electrons. The molecule has 1 spiro atoms. The highest BCUT2D eigenvalue weighted by Gasteiger charge is 2.54. The summed E-state index contributed by atoms with van der Waals surface area (Å²) in [5.74, 6) is 0. The second-order valence-corrected chi connectivity index (χ2v) is 6.71. The molecule has 0 amide bonds. The zero-order valence-electron chi connectivity index (χ0n) is 11.8. The van der Waals surface area contributed by atoms with Crippen LogP contribution in [0.4, 0.5) is 0 Å². The molecule has 2 rings (SSSR count). The van der Waals surface area contributed by atoms with Gasteiger partial charge in [-0.25, -0.2) is 0 Å². The van der Waals surface area contributed by atoms with Crippen LogP contribution in [0, 0.1) is 5.41 Å². The van der Waals surface area contributed by atoms with Crippen molar-refractivity contribution in [2.45, 2.75) is 89.9 Å². The first-order valence-corrected chi connectivity index (χ1v) is 7.43. The quantitative estimate of drug-likeness (QED) is 0.816. The molecule has 0 aromatic rings. The largest absolute Gasteiger partial charge is 0.372 e. The van der Waals surface area contributed by atoms with Crippen LogP contribution in [0.15, 0.2) is 0 Å². The van der Waals surface area contributed by atoms with Crippen molar-refractivity contribution in [1.82, 2.24) is 0 Å². The molecule has 2 nitrogen and oxygen atoms in total. The van der Waals surface area contributed by atoms with E-state index >= 15 is 0 Å². The highest BCUT2D eigenvalue weighted by atomic mass is 16.5. The van der Waals surface area contributed by atoms with Crippen molar-refractivity contribution in [3.63, 3.8) is 0 Å². The molecule has 2 fully saturated rings. The maximum Gasteiger partial charge on any atom is 0.0668 e. The zero-order valence-corrected chi connectivity index (χ0v) is 11.8. The van der Waals surface area contributed by atoms with Crippen LogP contribution < -0.4 is 5.73 Å².